The van der Waals surface area contributed by atoms with Crippen molar-refractivity contribution in [3.8, 4) is 11.5 Å². The number of halogens is 3. The van der Waals surface area contributed by atoms with E-state index in [0.29, 0.717) is 26.1 Å². The lowest BCUT2D eigenvalue weighted by atomic mass is 10.0. The molecule has 2 rings (SSSR count). The summed E-state index contributed by atoms with van der Waals surface area (Å²) in [5.41, 5.74) is 6.34. The van der Waals surface area contributed by atoms with Crippen LogP contribution in [0.2, 0.25) is 0 Å². The van der Waals surface area contributed by atoms with Crippen molar-refractivity contribution >= 4 is 18.3 Å². The minimum absolute atomic E-state index is 0. The number of alkyl halides is 2. The number of piperidine rings is 1. The van der Waals surface area contributed by atoms with E-state index in [2.05, 4.69) is 15.0 Å². The molecular formula is C18H28ClF2N3O3. The Balaban J connectivity index is 0.00000364. The Morgan fingerprint density at radius 3 is 2.81 bits per heavy atom. The number of methoxy groups -OCH3 is 1. The zero-order chi connectivity index (χ0) is 18.9. The van der Waals surface area contributed by atoms with E-state index in [1.54, 1.807) is 12.1 Å². The van der Waals surface area contributed by atoms with Crippen molar-refractivity contribution in [2.45, 2.75) is 44.9 Å². The molecule has 0 spiro atoms. The zero-order valence-corrected chi connectivity index (χ0v) is 16.3. The van der Waals surface area contributed by atoms with Gasteiger partial charge in [0.25, 0.3) is 0 Å². The van der Waals surface area contributed by atoms with Crippen LogP contribution in [-0.4, -0.2) is 50.2 Å². The standard InChI is InChI=1S/C18H27F2N3O3.ClH/c1-25-16-10-13(5-6-15(16)26-18(19)20)12-23-9-3-2-4-14(23)11-22-17(24)7-8-21;/h5-6,10,14,18H,2-4,7-9,11-12,21H2,1H3,(H,22,24);1H. The highest BCUT2D eigenvalue weighted by molar-refractivity contribution is 5.85. The van der Waals surface area contributed by atoms with Gasteiger partial charge in [-0.15, -0.1) is 12.4 Å². The van der Waals surface area contributed by atoms with Gasteiger partial charge in [-0.05, 0) is 37.1 Å². The molecule has 1 aromatic carbocycles. The van der Waals surface area contributed by atoms with Crippen LogP contribution in [0.15, 0.2) is 18.2 Å². The summed E-state index contributed by atoms with van der Waals surface area (Å²) < 4.78 is 34.5. The Hall–Kier alpha value is -1.64. The third-order valence-corrected chi connectivity index (χ3v) is 4.49. The molecular weight excluding hydrogens is 380 g/mol. The third-order valence-electron chi connectivity index (χ3n) is 4.49. The summed E-state index contributed by atoms with van der Waals surface area (Å²) in [6.45, 7) is -0.383. The van der Waals surface area contributed by atoms with Gasteiger partial charge in [0.05, 0.1) is 7.11 Å². The minimum Gasteiger partial charge on any atom is -0.493 e. The van der Waals surface area contributed by atoms with Crippen LogP contribution in [0, 0.1) is 0 Å². The molecule has 27 heavy (non-hydrogen) atoms. The summed E-state index contributed by atoms with van der Waals surface area (Å²) in [4.78, 5) is 14.0. The molecule has 0 saturated carbocycles. The average molecular weight is 408 g/mol. The fraction of sp³-hybridized carbons (Fsp3) is 0.611. The maximum atomic E-state index is 12.4. The maximum absolute atomic E-state index is 12.4. The molecule has 0 aromatic heterocycles. The molecule has 1 aliphatic heterocycles. The number of hydrogen-bond donors (Lipinski definition) is 2. The largest absolute Gasteiger partial charge is 0.493 e. The number of nitrogens with one attached hydrogen (secondary N) is 1. The molecule has 154 valence electrons. The molecule has 6 nitrogen and oxygen atoms in total. The molecule has 1 saturated heterocycles. The summed E-state index contributed by atoms with van der Waals surface area (Å²) in [7, 11) is 1.42. The quantitative estimate of drug-likeness (QED) is 0.657. The van der Waals surface area contributed by atoms with E-state index in [4.69, 9.17) is 10.5 Å². The van der Waals surface area contributed by atoms with Crippen molar-refractivity contribution in [2.75, 3.05) is 26.7 Å². The minimum atomic E-state index is -2.89. The van der Waals surface area contributed by atoms with E-state index in [1.165, 1.54) is 13.2 Å². The van der Waals surface area contributed by atoms with Gasteiger partial charge in [-0.2, -0.15) is 8.78 Å². The van der Waals surface area contributed by atoms with Gasteiger partial charge in [-0.25, -0.2) is 0 Å². The lowest BCUT2D eigenvalue weighted by molar-refractivity contribution is -0.121. The van der Waals surface area contributed by atoms with Crippen LogP contribution in [0.3, 0.4) is 0 Å². The van der Waals surface area contributed by atoms with Crippen molar-refractivity contribution in [1.82, 2.24) is 10.2 Å². The van der Waals surface area contributed by atoms with E-state index in [-0.39, 0.29) is 35.9 Å². The smallest absolute Gasteiger partial charge is 0.387 e. The van der Waals surface area contributed by atoms with Crippen molar-refractivity contribution in [2.24, 2.45) is 5.73 Å². The van der Waals surface area contributed by atoms with Crippen LogP contribution in [0.1, 0.15) is 31.2 Å². The van der Waals surface area contributed by atoms with E-state index < -0.39 is 6.61 Å². The molecule has 1 atom stereocenters. The van der Waals surface area contributed by atoms with Gasteiger partial charge in [0.15, 0.2) is 11.5 Å². The number of benzene rings is 1. The van der Waals surface area contributed by atoms with Crippen LogP contribution in [0.25, 0.3) is 0 Å². The van der Waals surface area contributed by atoms with Gasteiger partial charge in [-0.1, -0.05) is 12.5 Å². The van der Waals surface area contributed by atoms with Crippen LogP contribution < -0.4 is 20.5 Å². The molecule has 0 aliphatic carbocycles. The molecule has 1 fully saturated rings. The predicted octanol–water partition coefficient (Wildman–Crippen LogP) is 2.54. The second kappa shape index (κ2) is 11.9. The van der Waals surface area contributed by atoms with Crippen LogP contribution in [0.5, 0.6) is 11.5 Å². The predicted molar refractivity (Wildman–Crippen MR) is 102 cm³/mol. The highest BCUT2D eigenvalue weighted by Gasteiger charge is 2.23. The number of nitrogens with zero attached hydrogens (tertiary/aromatic N) is 1. The molecule has 3 N–H and O–H groups in total. The number of carbonyl (C=O) groups excluding carboxylic acids is 1. The molecule has 1 amide bonds. The maximum Gasteiger partial charge on any atom is 0.387 e. The van der Waals surface area contributed by atoms with Crippen LogP contribution in [0.4, 0.5) is 8.78 Å². The zero-order valence-electron chi connectivity index (χ0n) is 15.5. The van der Waals surface area contributed by atoms with Crippen molar-refractivity contribution < 1.29 is 23.0 Å². The summed E-state index contributed by atoms with van der Waals surface area (Å²) in [5, 5.41) is 2.93. The Bertz CT molecular complexity index is 593. The van der Waals surface area contributed by atoms with Crippen molar-refractivity contribution in [3.05, 3.63) is 23.8 Å². The number of amides is 1. The van der Waals surface area contributed by atoms with Gasteiger partial charge in [0.1, 0.15) is 0 Å². The number of nitrogens with two attached hydrogens (primary N) is 1. The number of rotatable bonds is 9. The molecule has 0 bridgehead atoms. The lowest BCUT2D eigenvalue weighted by Crippen LogP contribution is -2.46. The molecule has 1 unspecified atom stereocenters. The first-order valence-electron chi connectivity index (χ1n) is 8.86. The third kappa shape index (κ3) is 7.48. The van der Waals surface area contributed by atoms with Crippen LogP contribution >= 0.6 is 12.4 Å². The fourth-order valence-electron chi connectivity index (χ4n) is 3.19. The summed E-state index contributed by atoms with van der Waals surface area (Å²) in [6.07, 6.45) is 3.55. The average Bonchev–Trinajstić information content (AvgIpc) is 2.62. The highest BCUT2D eigenvalue weighted by atomic mass is 35.5. The first-order chi connectivity index (χ1) is 12.5. The van der Waals surface area contributed by atoms with E-state index in [1.807, 2.05) is 0 Å². The monoisotopic (exact) mass is 407 g/mol. The van der Waals surface area contributed by atoms with Gasteiger partial charge in [-0.3, -0.25) is 9.69 Å². The Labute approximate surface area is 164 Å². The molecule has 9 heteroatoms. The van der Waals surface area contributed by atoms with Gasteiger partial charge < -0.3 is 20.5 Å². The summed E-state index contributed by atoms with van der Waals surface area (Å²) in [5.74, 6) is 0.274. The van der Waals surface area contributed by atoms with Gasteiger partial charge in [0.2, 0.25) is 5.91 Å². The normalized spacial score (nSPS) is 17.3. The van der Waals surface area contributed by atoms with Crippen molar-refractivity contribution in [1.29, 1.82) is 0 Å². The van der Waals surface area contributed by atoms with E-state index in [0.717, 1.165) is 31.4 Å². The molecule has 1 aliphatic rings. The number of likely N-dealkylation sites (tertiary alicyclic amines) is 1. The number of carbonyl (C=O) groups is 1. The number of ether oxygens (including phenoxy) is 2. The van der Waals surface area contributed by atoms with E-state index >= 15 is 0 Å². The van der Waals surface area contributed by atoms with Crippen molar-refractivity contribution in [3.63, 3.8) is 0 Å². The Morgan fingerprint density at radius 1 is 1.37 bits per heavy atom. The summed E-state index contributed by atoms with van der Waals surface area (Å²) >= 11 is 0. The first kappa shape index (κ1) is 23.4. The first-order valence-corrected chi connectivity index (χ1v) is 8.86. The SMILES string of the molecule is COc1cc(CN2CCCCC2CNC(=O)CCN)ccc1OC(F)F.Cl. The Morgan fingerprint density at radius 2 is 2.15 bits per heavy atom. The fourth-order valence-corrected chi connectivity index (χ4v) is 3.19. The van der Waals surface area contributed by atoms with E-state index in [9.17, 15) is 13.6 Å². The molecule has 1 heterocycles. The molecule has 0 radical (unpaired) electrons. The lowest BCUT2D eigenvalue weighted by Gasteiger charge is -2.36. The van der Waals surface area contributed by atoms with Crippen LogP contribution in [-0.2, 0) is 11.3 Å². The second-order valence-electron chi connectivity index (χ2n) is 6.33. The summed E-state index contributed by atoms with van der Waals surface area (Å²) in [6, 6.07) is 5.23. The highest BCUT2D eigenvalue weighted by Crippen LogP contribution is 2.30. The molecule has 1 aromatic rings. The number of hydrogen-bond acceptors (Lipinski definition) is 5. The topological polar surface area (TPSA) is 76.8 Å². The van der Waals surface area contributed by atoms with Gasteiger partial charge in [0, 0.05) is 32.1 Å². The second-order valence-corrected chi connectivity index (χ2v) is 6.33. The van der Waals surface area contributed by atoms with Gasteiger partial charge >= 0.3 is 6.61 Å². The Kier molecular flexibility index (Phi) is 10.4.